The Morgan fingerprint density at radius 1 is 1.23 bits per heavy atom. The molecule has 0 aromatic rings. The first-order valence-corrected chi connectivity index (χ1v) is 11.2. The monoisotopic (exact) mass is 417 g/mol. The third-order valence-electron chi connectivity index (χ3n) is 9.15. The number of nitrogens with zero attached hydrogens (tertiary/aromatic N) is 1. The largest absolute Gasteiger partial charge is 0.391 e. The van der Waals surface area contributed by atoms with Crippen molar-refractivity contribution >= 4 is 6.72 Å². The van der Waals surface area contributed by atoms with Crippen LogP contribution in [-0.2, 0) is 14.3 Å². The molecule has 1 aliphatic heterocycles. The highest BCUT2D eigenvalue weighted by molar-refractivity contribution is 5.44. The highest BCUT2D eigenvalue weighted by Crippen LogP contribution is 2.73. The molecule has 166 valence electrons. The summed E-state index contributed by atoms with van der Waals surface area (Å²) in [6, 6.07) is 0. The Morgan fingerprint density at radius 2 is 1.93 bits per heavy atom. The first kappa shape index (κ1) is 20.7. The summed E-state index contributed by atoms with van der Waals surface area (Å²) < 4.78 is 12.5. The van der Waals surface area contributed by atoms with Gasteiger partial charge in [0.05, 0.1) is 18.1 Å². The molecule has 5 rings (SSSR count). The molecular weight excluding hydrogens is 382 g/mol. The standard InChI is InChI=1S/C24H35NO5/c1-12-10-23-13(2)8-16-17(21(16,3)4)15(19(23)27)9-14-11-28-22(5,6)29-20(14)24(23,18(12)26)30-25-7/h9-10,13,15-20,26-27H,7-8,11H2,1-6H3/t13-,15+,16-,17+,18?,19?,20-,23?,24-/m1/s1. The second kappa shape index (κ2) is 5.97. The van der Waals surface area contributed by atoms with E-state index >= 15 is 0 Å². The van der Waals surface area contributed by atoms with Crippen molar-refractivity contribution in [2.24, 2.45) is 39.7 Å². The summed E-state index contributed by atoms with van der Waals surface area (Å²) >= 11 is 0. The highest BCUT2D eigenvalue weighted by atomic mass is 16.7. The number of aliphatic hydroxyl groups is 2. The number of fused-ring (bicyclic) bond motifs is 5. The molecule has 5 aliphatic rings. The number of hydrogen-bond donors (Lipinski definition) is 2. The zero-order valence-electron chi connectivity index (χ0n) is 18.9. The van der Waals surface area contributed by atoms with Crippen LogP contribution < -0.4 is 0 Å². The molecule has 6 nitrogen and oxygen atoms in total. The topological polar surface area (TPSA) is 80.5 Å². The summed E-state index contributed by atoms with van der Waals surface area (Å²) in [5.74, 6) is 0.0357. The molecule has 0 aromatic heterocycles. The SMILES string of the molecule is C=NO[C@@]12C(O)C(C)=CC13C(O)[C@@H](C=C1COC(C)(C)O[C@H]12)[C@H]1[C@@H](C[C@H]3C)C1(C)C. The van der Waals surface area contributed by atoms with Gasteiger partial charge in [-0.25, -0.2) is 0 Å². The Balaban J connectivity index is 1.79. The average molecular weight is 418 g/mol. The van der Waals surface area contributed by atoms with Crippen LogP contribution in [0.5, 0.6) is 0 Å². The molecule has 2 N–H and O–H groups in total. The fraction of sp³-hybridized carbons (Fsp3) is 0.792. The molecule has 1 saturated heterocycles. The smallest absolute Gasteiger partial charge is 0.208 e. The van der Waals surface area contributed by atoms with Gasteiger partial charge in [0, 0.05) is 12.6 Å². The Labute approximate surface area is 179 Å². The Morgan fingerprint density at radius 3 is 2.60 bits per heavy atom. The van der Waals surface area contributed by atoms with Crippen LogP contribution in [0.25, 0.3) is 0 Å². The van der Waals surface area contributed by atoms with Gasteiger partial charge < -0.3 is 24.5 Å². The van der Waals surface area contributed by atoms with Crippen molar-refractivity contribution < 1.29 is 24.5 Å². The number of aliphatic hydroxyl groups excluding tert-OH is 2. The van der Waals surface area contributed by atoms with E-state index in [9.17, 15) is 10.2 Å². The van der Waals surface area contributed by atoms with Gasteiger partial charge in [-0.15, -0.1) is 5.16 Å². The molecule has 1 spiro atoms. The lowest BCUT2D eigenvalue weighted by Gasteiger charge is -2.55. The van der Waals surface area contributed by atoms with Gasteiger partial charge in [-0.05, 0) is 61.5 Å². The summed E-state index contributed by atoms with van der Waals surface area (Å²) in [5.41, 5.74) is -0.263. The summed E-state index contributed by atoms with van der Waals surface area (Å²) in [6.45, 7) is 16.4. The van der Waals surface area contributed by atoms with Crippen LogP contribution in [0.4, 0.5) is 0 Å². The fourth-order valence-electron chi connectivity index (χ4n) is 7.69. The second-order valence-corrected chi connectivity index (χ2v) is 11.3. The van der Waals surface area contributed by atoms with Gasteiger partial charge in [0.25, 0.3) is 0 Å². The van der Waals surface area contributed by atoms with Gasteiger partial charge in [-0.2, -0.15) is 0 Å². The van der Waals surface area contributed by atoms with Gasteiger partial charge in [0.1, 0.15) is 12.2 Å². The summed E-state index contributed by atoms with van der Waals surface area (Å²) in [4.78, 5) is 6.13. The zero-order chi connectivity index (χ0) is 21.9. The molecule has 3 unspecified atom stereocenters. The second-order valence-electron chi connectivity index (χ2n) is 11.3. The predicted octanol–water partition coefficient (Wildman–Crippen LogP) is 3.05. The van der Waals surface area contributed by atoms with Crippen LogP contribution >= 0.6 is 0 Å². The Hall–Kier alpha value is -1.21. The maximum Gasteiger partial charge on any atom is 0.208 e. The van der Waals surface area contributed by atoms with E-state index in [-0.39, 0.29) is 17.3 Å². The van der Waals surface area contributed by atoms with Crippen LogP contribution in [0.3, 0.4) is 0 Å². The van der Waals surface area contributed by atoms with Gasteiger partial charge in [0.2, 0.25) is 5.60 Å². The summed E-state index contributed by atoms with van der Waals surface area (Å²) in [5, 5.41) is 27.5. The maximum absolute atomic E-state index is 12.1. The summed E-state index contributed by atoms with van der Waals surface area (Å²) in [7, 11) is 0. The minimum absolute atomic E-state index is 0.0583. The molecule has 0 radical (unpaired) electrons. The van der Waals surface area contributed by atoms with Gasteiger partial charge in [0.15, 0.2) is 5.79 Å². The fourth-order valence-corrected chi connectivity index (χ4v) is 7.69. The number of rotatable bonds is 2. The lowest BCUT2D eigenvalue weighted by molar-refractivity contribution is -0.322. The van der Waals surface area contributed by atoms with Crippen LogP contribution in [0.1, 0.15) is 48.0 Å². The number of oxime groups is 1. The molecular formula is C24H35NO5. The molecule has 1 heterocycles. The first-order valence-electron chi connectivity index (χ1n) is 11.2. The third-order valence-corrected chi connectivity index (χ3v) is 9.15. The Bertz CT molecular complexity index is 847. The van der Waals surface area contributed by atoms with Crippen molar-refractivity contribution in [3.63, 3.8) is 0 Å². The van der Waals surface area contributed by atoms with E-state index in [2.05, 4.69) is 44.8 Å². The van der Waals surface area contributed by atoms with E-state index in [4.69, 9.17) is 14.3 Å². The summed E-state index contributed by atoms with van der Waals surface area (Å²) in [6.07, 6.45) is 2.88. The number of hydrogen-bond acceptors (Lipinski definition) is 6. The molecule has 2 bridgehead atoms. The lowest BCUT2D eigenvalue weighted by Crippen LogP contribution is -2.69. The minimum Gasteiger partial charge on any atom is -0.391 e. The van der Waals surface area contributed by atoms with Crippen LogP contribution in [0, 0.1) is 34.5 Å². The van der Waals surface area contributed by atoms with E-state index in [1.165, 1.54) is 0 Å². The molecule has 6 heteroatoms. The Kier molecular flexibility index (Phi) is 4.12. The van der Waals surface area contributed by atoms with E-state index in [0.29, 0.717) is 18.4 Å². The van der Waals surface area contributed by atoms with E-state index in [0.717, 1.165) is 17.6 Å². The van der Waals surface area contributed by atoms with Gasteiger partial charge in [-0.1, -0.05) is 32.9 Å². The van der Waals surface area contributed by atoms with Crippen molar-refractivity contribution in [1.82, 2.24) is 0 Å². The molecule has 0 amide bonds. The van der Waals surface area contributed by atoms with Crippen molar-refractivity contribution in [2.75, 3.05) is 6.61 Å². The maximum atomic E-state index is 12.1. The predicted molar refractivity (Wildman–Crippen MR) is 113 cm³/mol. The van der Waals surface area contributed by atoms with E-state index in [1.807, 2.05) is 20.8 Å². The molecule has 30 heavy (non-hydrogen) atoms. The van der Waals surface area contributed by atoms with E-state index in [1.54, 1.807) is 0 Å². The minimum atomic E-state index is -1.29. The van der Waals surface area contributed by atoms with Gasteiger partial charge >= 0.3 is 0 Å². The molecule has 2 saturated carbocycles. The average Bonchev–Trinajstić information content (AvgIpc) is 3.15. The zero-order valence-corrected chi connectivity index (χ0v) is 18.9. The van der Waals surface area contributed by atoms with Gasteiger partial charge in [-0.3, -0.25) is 0 Å². The lowest BCUT2D eigenvalue weighted by atomic mass is 9.58. The van der Waals surface area contributed by atoms with E-state index < -0.39 is 35.1 Å². The first-order chi connectivity index (χ1) is 13.9. The quantitative estimate of drug-likeness (QED) is 0.410. The van der Waals surface area contributed by atoms with Crippen LogP contribution in [0.2, 0.25) is 0 Å². The van der Waals surface area contributed by atoms with Crippen LogP contribution in [0.15, 0.2) is 28.5 Å². The van der Waals surface area contributed by atoms with Crippen molar-refractivity contribution in [3.8, 4) is 0 Å². The molecule has 0 aromatic carbocycles. The van der Waals surface area contributed by atoms with Crippen LogP contribution in [-0.4, -0.2) is 53.2 Å². The molecule has 9 atom stereocenters. The van der Waals surface area contributed by atoms with Crippen molar-refractivity contribution in [1.29, 1.82) is 0 Å². The third kappa shape index (κ3) is 2.21. The molecule has 4 aliphatic carbocycles. The molecule has 3 fully saturated rings. The normalized spacial score (nSPS) is 52.5. The number of ether oxygens (including phenoxy) is 2. The highest BCUT2D eigenvalue weighted by Gasteiger charge is 2.78. The van der Waals surface area contributed by atoms with Crippen molar-refractivity contribution in [2.45, 2.75) is 77.7 Å². The van der Waals surface area contributed by atoms with Crippen molar-refractivity contribution in [3.05, 3.63) is 23.3 Å².